The standard InChI is InChI=1S/C28H46O/c1-3-5-7-8-22-29-28-20-18-27(19-21-28)26-16-14-25(15-17-26)24-12-10-23(11-13-24)9-6-4-2/h18-21,23-26H,3-17,22H2,1-2H3. The van der Waals surface area contributed by atoms with Crippen LogP contribution in [0.25, 0.3) is 0 Å². The third-order valence-electron chi connectivity index (χ3n) is 7.91. The van der Waals surface area contributed by atoms with Gasteiger partial charge in [-0.3, -0.25) is 0 Å². The molecule has 164 valence electrons. The molecule has 0 heterocycles. The Kier molecular flexibility index (Phi) is 9.91. The summed E-state index contributed by atoms with van der Waals surface area (Å²) in [4.78, 5) is 0. The smallest absolute Gasteiger partial charge is 0.119 e. The molecule has 1 nitrogen and oxygen atoms in total. The van der Waals surface area contributed by atoms with E-state index in [9.17, 15) is 0 Å². The van der Waals surface area contributed by atoms with Crippen LogP contribution in [0.1, 0.15) is 122 Å². The Morgan fingerprint density at radius 2 is 1.31 bits per heavy atom. The molecular weight excluding hydrogens is 352 g/mol. The average molecular weight is 399 g/mol. The van der Waals surface area contributed by atoms with Crippen LogP contribution in [0.15, 0.2) is 24.3 Å². The molecule has 0 unspecified atom stereocenters. The Morgan fingerprint density at radius 1 is 0.690 bits per heavy atom. The van der Waals surface area contributed by atoms with Gasteiger partial charge in [0.25, 0.3) is 0 Å². The lowest BCUT2D eigenvalue weighted by Gasteiger charge is -2.38. The second kappa shape index (κ2) is 12.7. The first-order valence-electron chi connectivity index (χ1n) is 13.0. The average Bonchev–Trinajstić information content (AvgIpc) is 2.78. The zero-order valence-corrected chi connectivity index (χ0v) is 19.3. The number of unbranched alkanes of at least 4 members (excludes halogenated alkanes) is 4. The highest BCUT2D eigenvalue weighted by molar-refractivity contribution is 5.29. The number of hydrogen-bond donors (Lipinski definition) is 0. The molecule has 1 heteroatoms. The maximum atomic E-state index is 5.92. The van der Waals surface area contributed by atoms with Crippen molar-refractivity contribution in [1.29, 1.82) is 0 Å². The van der Waals surface area contributed by atoms with Crippen molar-refractivity contribution in [1.82, 2.24) is 0 Å². The molecule has 0 N–H and O–H groups in total. The maximum absolute atomic E-state index is 5.92. The van der Waals surface area contributed by atoms with Gasteiger partial charge in [-0.25, -0.2) is 0 Å². The van der Waals surface area contributed by atoms with E-state index in [0.29, 0.717) is 0 Å². The summed E-state index contributed by atoms with van der Waals surface area (Å²) in [5, 5.41) is 0. The zero-order valence-electron chi connectivity index (χ0n) is 19.3. The Labute approximate surface area is 181 Å². The fraction of sp³-hybridized carbons (Fsp3) is 0.786. The van der Waals surface area contributed by atoms with Crippen LogP contribution in [0.4, 0.5) is 0 Å². The second-order valence-electron chi connectivity index (χ2n) is 10.0. The summed E-state index contributed by atoms with van der Waals surface area (Å²) in [6.07, 6.45) is 21.2. The quantitative estimate of drug-likeness (QED) is 0.338. The van der Waals surface area contributed by atoms with Crippen LogP contribution in [0.3, 0.4) is 0 Å². The molecule has 2 aliphatic rings. The van der Waals surface area contributed by atoms with Gasteiger partial charge in [0.05, 0.1) is 6.61 Å². The molecule has 1 aromatic carbocycles. The molecule has 0 saturated heterocycles. The van der Waals surface area contributed by atoms with E-state index < -0.39 is 0 Å². The van der Waals surface area contributed by atoms with E-state index >= 15 is 0 Å². The van der Waals surface area contributed by atoms with Gasteiger partial charge in [0.15, 0.2) is 0 Å². The molecule has 2 saturated carbocycles. The Balaban J connectivity index is 1.36. The summed E-state index contributed by atoms with van der Waals surface area (Å²) in [7, 11) is 0. The van der Waals surface area contributed by atoms with Gasteiger partial charge in [-0.05, 0) is 86.3 Å². The summed E-state index contributed by atoms with van der Waals surface area (Å²) in [5.74, 6) is 4.95. The van der Waals surface area contributed by atoms with Gasteiger partial charge < -0.3 is 4.74 Å². The number of hydrogen-bond acceptors (Lipinski definition) is 1. The van der Waals surface area contributed by atoms with Crippen molar-refractivity contribution in [2.45, 2.75) is 116 Å². The topological polar surface area (TPSA) is 9.23 Å². The van der Waals surface area contributed by atoms with Crippen LogP contribution in [-0.2, 0) is 0 Å². The van der Waals surface area contributed by atoms with E-state index in [-0.39, 0.29) is 0 Å². The number of ether oxygens (including phenoxy) is 1. The minimum absolute atomic E-state index is 0.783. The molecule has 0 atom stereocenters. The van der Waals surface area contributed by atoms with E-state index in [1.54, 1.807) is 5.56 Å². The SMILES string of the molecule is CCCCCCOc1ccc(C2CCC(C3CCC(CCCC)CC3)CC2)cc1. The minimum atomic E-state index is 0.783. The highest BCUT2D eigenvalue weighted by Gasteiger charge is 2.31. The third-order valence-corrected chi connectivity index (χ3v) is 7.91. The Hall–Kier alpha value is -0.980. The van der Waals surface area contributed by atoms with Gasteiger partial charge in [0.1, 0.15) is 5.75 Å². The van der Waals surface area contributed by atoms with Crippen LogP contribution >= 0.6 is 0 Å². The van der Waals surface area contributed by atoms with Crippen molar-refractivity contribution in [3.63, 3.8) is 0 Å². The molecule has 0 spiro atoms. The van der Waals surface area contributed by atoms with Crippen LogP contribution in [-0.4, -0.2) is 6.61 Å². The first-order chi connectivity index (χ1) is 14.3. The van der Waals surface area contributed by atoms with Gasteiger partial charge in [-0.2, -0.15) is 0 Å². The first kappa shape index (κ1) is 22.7. The molecule has 2 aliphatic carbocycles. The van der Waals surface area contributed by atoms with Crippen LogP contribution in [0.5, 0.6) is 5.75 Å². The molecule has 0 amide bonds. The van der Waals surface area contributed by atoms with Crippen molar-refractivity contribution >= 4 is 0 Å². The molecule has 0 radical (unpaired) electrons. The lowest BCUT2D eigenvalue weighted by Crippen LogP contribution is -2.25. The van der Waals surface area contributed by atoms with Crippen LogP contribution in [0, 0.1) is 17.8 Å². The van der Waals surface area contributed by atoms with Crippen molar-refractivity contribution in [3.8, 4) is 5.75 Å². The van der Waals surface area contributed by atoms with Crippen molar-refractivity contribution < 1.29 is 4.74 Å². The van der Waals surface area contributed by atoms with Gasteiger partial charge >= 0.3 is 0 Å². The summed E-state index contributed by atoms with van der Waals surface area (Å²) in [6, 6.07) is 9.09. The Morgan fingerprint density at radius 3 is 1.93 bits per heavy atom. The summed E-state index contributed by atoms with van der Waals surface area (Å²) >= 11 is 0. The van der Waals surface area contributed by atoms with Crippen molar-refractivity contribution in [2.75, 3.05) is 6.61 Å². The fourth-order valence-corrected chi connectivity index (χ4v) is 5.92. The third kappa shape index (κ3) is 7.34. The molecule has 0 bridgehead atoms. The van der Waals surface area contributed by atoms with Gasteiger partial charge in [-0.1, -0.05) is 77.3 Å². The van der Waals surface area contributed by atoms with Crippen molar-refractivity contribution in [3.05, 3.63) is 29.8 Å². The molecule has 3 rings (SSSR count). The van der Waals surface area contributed by atoms with E-state index in [1.165, 1.54) is 96.3 Å². The predicted molar refractivity (Wildman–Crippen MR) is 126 cm³/mol. The lowest BCUT2D eigenvalue weighted by molar-refractivity contribution is 0.156. The van der Waals surface area contributed by atoms with Crippen LogP contribution < -0.4 is 4.74 Å². The van der Waals surface area contributed by atoms with Gasteiger partial charge in [0.2, 0.25) is 0 Å². The van der Waals surface area contributed by atoms with Crippen molar-refractivity contribution in [2.24, 2.45) is 17.8 Å². The largest absolute Gasteiger partial charge is 0.494 e. The minimum Gasteiger partial charge on any atom is -0.494 e. The van der Waals surface area contributed by atoms with E-state index in [1.807, 2.05) is 0 Å². The number of rotatable bonds is 11. The normalized spacial score (nSPS) is 27.7. The summed E-state index contributed by atoms with van der Waals surface area (Å²) < 4.78 is 5.92. The molecule has 29 heavy (non-hydrogen) atoms. The van der Waals surface area contributed by atoms with Gasteiger partial charge in [0, 0.05) is 0 Å². The van der Waals surface area contributed by atoms with Gasteiger partial charge in [-0.15, -0.1) is 0 Å². The zero-order chi connectivity index (χ0) is 20.3. The first-order valence-corrected chi connectivity index (χ1v) is 13.0. The van der Waals surface area contributed by atoms with E-state index in [4.69, 9.17) is 4.74 Å². The fourth-order valence-electron chi connectivity index (χ4n) is 5.92. The lowest BCUT2D eigenvalue weighted by atomic mass is 9.68. The number of benzene rings is 1. The molecular formula is C28H46O. The maximum Gasteiger partial charge on any atom is 0.119 e. The monoisotopic (exact) mass is 398 g/mol. The molecule has 0 aromatic heterocycles. The summed E-state index contributed by atoms with van der Waals surface area (Å²) in [5.41, 5.74) is 1.55. The predicted octanol–water partition coefficient (Wildman–Crippen LogP) is 8.92. The molecule has 1 aromatic rings. The highest BCUT2D eigenvalue weighted by Crippen LogP contribution is 2.44. The Bertz CT molecular complexity index is 532. The molecule has 2 fully saturated rings. The second-order valence-corrected chi connectivity index (χ2v) is 10.0. The summed E-state index contributed by atoms with van der Waals surface area (Å²) in [6.45, 7) is 5.45. The van der Waals surface area contributed by atoms with E-state index in [2.05, 4.69) is 38.1 Å². The highest BCUT2D eigenvalue weighted by atomic mass is 16.5. The van der Waals surface area contributed by atoms with E-state index in [0.717, 1.165) is 36.0 Å². The van der Waals surface area contributed by atoms with Crippen LogP contribution in [0.2, 0.25) is 0 Å². The molecule has 0 aliphatic heterocycles.